The van der Waals surface area contributed by atoms with Gasteiger partial charge in [0.25, 0.3) is 5.91 Å². The van der Waals surface area contributed by atoms with Crippen molar-refractivity contribution < 1.29 is 14.7 Å². The van der Waals surface area contributed by atoms with E-state index < -0.39 is 17.9 Å². The Morgan fingerprint density at radius 3 is 2.12 bits per heavy atom. The summed E-state index contributed by atoms with van der Waals surface area (Å²) in [5, 5.41) is 23.7. The smallest absolute Gasteiger partial charge is 0.325 e. The van der Waals surface area contributed by atoms with Crippen LogP contribution < -0.4 is 10.6 Å². The maximum atomic E-state index is 12.5. The molecule has 4 aliphatic carbocycles. The van der Waals surface area contributed by atoms with Crippen molar-refractivity contribution in [1.29, 1.82) is 5.26 Å². The lowest BCUT2D eigenvalue weighted by atomic mass is 9.48. The van der Waals surface area contributed by atoms with Crippen molar-refractivity contribution in [2.45, 2.75) is 64.5 Å². The molecule has 4 rings (SSSR count). The van der Waals surface area contributed by atoms with Gasteiger partial charge in [-0.3, -0.25) is 9.59 Å². The lowest BCUT2D eigenvalue weighted by Gasteiger charge is -2.59. The minimum absolute atomic E-state index is 0.0297. The van der Waals surface area contributed by atoms with E-state index in [1.54, 1.807) is 0 Å². The average molecular weight is 345 g/mol. The standard InChI is InChI=1S/C19H27N3O3/c1-11(18(24)25)21-10-16(9-20)17(23)22-12(2)19-6-13-3-14(7-19)5-15(4-13)8-19/h10-15,21H,3-8H2,1-2H3,(H,22,23)(H,24,25)/b16-10-. The molecule has 4 bridgehead atoms. The number of hydrogen-bond acceptors (Lipinski definition) is 4. The van der Waals surface area contributed by atoms with E-state index in [4.69, 9.17) is 5.11 Å². The van der Waals surface area contributed by atoms with Gasteiger partial charge in [0.15, 0.2) is 0 Å². The summed E-state index contributed by atoms with van der Waals surface area (Å²) < 4.78 is 0. The molecule has 3 N–H and O–H groups in total. The fraction of sp³-hybridized carbons (Fsp3) is 0.737. The van der Waals surface area contributed by atoms with Crippen LogP contribution in [0.15, 0.2) is 11.8 Å². The van der Waals surface area contributed by atoms with Gasteiger partial charge in [-0.05, 0) is 75.5 Å². The monoisotopic (exact) mass is 345 g/mol. The molecule has 4 aliphatic rings. The summed E-state index contributed by atoms with van der Waals surface area (Å²) >= 11 is 0. The average Bonchev–Trinajstić information content (AvgIpc) is 2.53. The second-order valence-electron chi connectivity index (χ2n) is 8.37. The van der Waals surface area contributed by atoms with Gasteiger partial charge in [0.1, 0.15) is 17.7 Å². The Labute approximate surface area is 148 Å². The Morgan fingerprint density at radius 1 is 1.16 bits per heavy atom. The number of carboxylic acid groups (broad SMARTS) is 1. The van der Waals surface area contributed by atoms with Gasteiger partial charge in [0.2, 0.25) is 0 Å². The van der Waals surface area contributed by atoms with Crippen LogP contribution in [0.4, 0.5) is 0 Å². The Kier molecular flexibility index (Phi) is 4.77. The number of hydrogen-bond donors (Lipinski definition) is 3. The lowest BCUT2D eigenvalue weighted by Crippen LogP contribution is -2.56. The first-order chi connectivity index (χ1) is 11.8. The number of nitriles is 1. The fourth-order valence-corrected chi connectivity index (χ4v) is 5.56. The molecular weight excluding hydrogens is 318 g/mol. The number of amides is 1. The van der Waals surface area contributed by atoms with Crippen LogP contribution in [0.5, 0.6) is 0 Å². The van der Waals surface area contributed by atoms with Crippen LogP contribution >= 0.6 is 0 Å². The predicted octanol–water partition coefficient (Wildman–Crippen LogP) is 2.18. The molecule has 2 unspecified atom stereocenters. The summed E-state index contributed by atoms with van der Waals surface area (Å²) in [4.78, 5) is 23.3. The highest BCUT2D eigenvalue weighted by atomic mass is 16.4. The quantitative estimate of drug-likeness (QED) is 0.506. The van der Waals surface area contributed by atoms with Crippen molar-refractivity contribution in [3.05, 3.63) is 11.8 Å². The fourth-order valence-electron chi connectivity index (χ4n) is 5.56. The second kappa shape index (κ2) is 6.70. The molecule has 4 fully saturated rings. The topological polar surface area (TPSA) is 102 Å². The molecule has 0 aromatic rings. The van der Waals surface area contributed by atoms with Crippen LogP contribution in [-0.4, -0.2) is 29.1 Å². The maximum absolute atomic E-state index is 12.5. The first-order valence-corrected chi connectivity index (χ1v) is 9.23. The van der Waals surface area contributed by atoms with E-state index in [-0.39, 0.29) is 17.0 Å². The summed E-state index contributed by atoms with van der Waals surface area (Å²) in [6.07, 6.45) is 8.79. The molecule has 4 saturated carbocycles. The molecule has 0 spiro atoms. The van der Waals surface area contributed by atoms with Gasteiger partial charge in [-0.25, -0.2) is 0 Å². The molecule has 136 valence electrons. The van der Waals surface area contributed by atoms with E-state index in [2.05, 4.69) is 17.6 Å². The molecule has 0 radical (unpaired) electrons. The molecular formula is C19H27N3O3. The van der Waals surface area contributed by atoms with Crippen molar-refractivity contribution >= 4 is 11.9 Å². The number of rotatable bonds is 6. The molecule has 0 aliphatic heterocycles. The highest BCUT2D eigenvalue weighted by Crippen LogP contribution is 2.61. The van der Waals surface area contributed by atoms with E-state index in [0.717, 1.165) is 17.8 Å². The molecule has 0 aromatic heterocycles. The normalized spacial score (nSPS) is 35.6. The molecule has 0 saturated heterocycles. The molecule has 0 heterocycles. The minimum Gasteiger partial charge on any atom is -0.480 e. The molecule has 6 nitrogen and oxygen atoms in total. The molecule has 0 aromatic carbocycles. The van der Waals surface area contributed by atoms with Crippen LogP contribution in [0, 0.1) is 34.5 Å². The minimum atomic E-state index is -1.03. The second-order valence-corrected chi connectivity index (χ2v) is 8.37. The van der Waals surface area contributed by atoms with Gasteiger partial charge >= 0.3 is 5.97 Å². The predicted molar refractivity (Wildman–Crippen MR) is 92.1 cm³/mol. The summed E-state index contributed by atoms with van der Waals surface area (Å²) in [5.74, 6) is 0.950. The van der Waals surface area contributed by atoms with Crippen LogP contribution in [0.1, 0.15) is 52.4 Å². The zero-order valence-corrected chi connectivity index (χ0v) is 14.9. The van der Waals surface area contributed by atoms with Gasteiger partial charge in [-0.2, -0.15) is 5.26 Å². The first kappa shape index (κ1) is 17.8. The molecule has 25 heavy (non-hydrogen) atoms. The number of carboxylic acids is 1. The van der Waals surface area contributed by atoms with Crippen LogP contribution in [0.3, 0.4) is 0 Å². The summed E-state index contributed by atoms with van der Waals surface area (Å²) in [6.45, 7) is 3.52. The Morgan fingerprint density at radius 2 is 1.68 bits per heavy atom. The van der Waals surface area contributed by atoms with Gasteiger partial charge in [0.05, 0.1) is 0 Å². The third-order valence-electron chi connectivity index (χ3n) is 6.56. The highest BCUT2D eigenvalue weighted by molar-refractivity contribution is 5.97. The van der Waals surface area contributed by atoms with Crippen molar-refractivity contribution in [3.63, 3.8) is 0 Å². The van der Waals surface area contributed by atoms with Crippen LogP contribution in [0.25, 0.3) is 0 Å². The zero-order valence-electron chi connectivity index (χ0n) is 14.9. The van der Waals surface area contributed by atoms with E-state index >= 15 is 0 Å². The summed E-state index contributed by atoms with van der Waals surface area (Å²) in [5.41, 5.74) is 0.0944. The van der Waals surface area contributed by atoms with Gasteiger partial charge in [-0.1, -0.05) is 0 Å². The molecule has 2 atom stereocenters. The van der Waals surface area contributed by atoms with Crippen molar-refractivity contribution in [2.75, 3.05) is 0 Å². The lowest BCUT2D eigenvalue weighted by molar-refractivity contribution is -0.138. The van der Waals surface area contributed by atoms with Crippen molar-refractivity contribution in [1.82, 2.24) is 10.6 Å². The highest BCUT2D eigenvalue weighted by Gasteiger charge is 2.53. The number of nitrogens with zero attached hydrogens (tertiary/aromatic N) is 1. The molecule has 1 amide bonds. The van der Waals surface area contributed by atoms with E-state index in [1.165, 1.54) is 51.6 Å². The van der Waals surface area contributed by atoms with E-state index in [9.17, 15) is 14.9 Å². The number of nitrogens with one attached hydrogen (secondary N) is 2. The van der Waals surface area contributed by atoms with Crippen LogP contribution in [-0.2, 0) is 9.59 Å². The third-order valence-corrected chi connectivity index (χ3v) is 6.56. The maximum Gasteiger partial charge on any atom is 0.325 e. The van der Waals surface area contributed by atoms with E-state index in [0.29, 0.717) is 0 Å². The Bertz CT molecular complexity index is 599. The SMILES string of the molecule is CC(N/C=C(/C#N)C(=O)NC(C)C12CC3CC(CC(C3)C1)C2)C(=O)O. The molecule has 6 heteroatoms. The summed E-state index contributed by atoms with van der Waals surface area (Å²) in [6, 6.07) is 1.05. The number of aliphatic carboxylic acids is 1. The third kappa shape index (κ3) is 3.51. The van der Waals surface area contributed by atoms with Crippen molar-refractivity contribution in [3.8, 4) is 6.07 Å². The Hall–Kier alpha value is -2.03. The van der Waals surface area contributed by atoms with Gasteiger partial charge in [-0.15, -0.1) is 0 Å². The van der Waals surface area contributed by atoms with Gasteiger partial charge in [0, 0.05) is 12.2 Å². The Balaban J connectivity index is 1.65. The zero-order chi connectivity index (χ0) is 18.2. The van der Waals surface area contributed by atoms with E-state index in [1.807, 2.05) is 6.07 Å². The van der Waals surface area contributed by atoms with Gasteiger partial charge < -0.3 is 15.7 Å². The largest absolute Gasteiger partial charge is 0.480 e. The number of carbonyl (C=O) groups is 2. The van der Waals surface area contributed by atoms with Crippen LogP contribution in [0.2, 0.25) is 0 Å². The number of carbonyl (C=O) groups excluding carboxylic acids is 1. The summed E-state index contributed by atoms with van der Waals surface area (Å²) in [7, 11) is 0. The van der Waals surface area contributed by atoms with Crippen molar-refractivity contribution in [2.24, 2.45) is 23.2 Å². The first-order valence-electron chi connectivity index (χ1n) is 9.23.